The lowest BCUT2D eigenvalue weighted by Crippen LogP contribution is -2.38. The van der Waals surface area contributed by atoms with E-state index in [0.717, 1.165) is 21.9 Å². The van der Waals surface area contributed by atoms with Gasteiger partial charge in [0.15, 0.2) is 0 Å². The molecular weight excluding hydrogens is 400 g/mol. The summed E-state index contributed by atoms with van der Waals surface area (Å²) in [6.07, 6.45) is 1.09. The Kier molecular flexibility index (Phi) is 6.89. The minimum absolute atomic E-state index is 0.117. The van der Waals surface area contributed by atoms with Gasteiger partial charge in [0, 0.05) is 6.54 Å². The molecule has 0 radical (unpaired) electrons. The van der Waals surface area contributed by atoms with E-state index in [4.69, 9.17) is 4.84 Å². The molecule has 0 saturated carbocycles. The molecule has 0 amide bonds. The summed E-state index contributed by atoms with van der Waals surface area (Å²) in [5, 5.41) is 13.9. The van der Waals surface area contributed by atoms with Crippen molar-refractivity contribution in [3.63, 3.8) is 0 Å². The summed E-state index contributed by atoms with van der Waals surface area (Å²) in [6.45, 7) is 2.27. The molecule has 2 N–H and O–H groups in total. The maximum atomic E-state index is 12.2. The average Bonchev–Trinajstić information content (AvgIpc) is 2.73. The van der Waals surface area contributed by atoms with Crippen LogP contribution in [0.25, 0.3) is 0 Å². The molecule has 6 nitrogen and oxygen atoms in total. The Balaban J connectivity index is 1.72. The number of sulfonamides is 1. The van der Waals surface area contributed by atoms with Gasteiger partial charge in [-0.15, -0.1) is 4.47 Å². The van der Waals surface area contributed by atoms with Crippen LogP contribution in [0.5, 0.6) is 0 Å². The number of rotatable bonds is 9. The Bertz CT molecular complexity index is 1040. The average molecular weight is 427 g/mol. The predicted molar refractivity (Wildman–Crippen MR) is 118 cm³/mol. The van der Waals surface area contributed by atoms with Crippen LogP contribution in [0, 0.1) is 0 Å². The van der Waals surface area contributed by atoms with Gasteiger partial charge in [-0.3, -0.25) is 10.2 Å². The summed E-state index contributed by atoms with van der Waals surface area (Å²) in [4.78, 5) is 5.58. The first-order chi connectivity index (χ1) is 14.3. The van der Waals surface area contributed by atoms with Crippen molar-refractivity contribution >= 4 is 15.7 Å². The van der Waals surface area contributed by atoms with Crippen LogP contribution in [-0.2, 0) is 33.7 Å². The molecule has 0 aliphatic carbocycles. The topological polar surface area (TPSA) is 78.9 Å². The molecule has 3 aromatic carbocycles. The van der Waals surface area contributed by atoms with E-state index in [0.29, 0.717) is 17.8 Å². The molecule has 0 heterocycles. The number of nitrogens with one attached hydrogen (secondary N) is 1. The van der Waals surface area contributed by atoms with E-state index < -0.39 is 15.7 Å². The fourth-order valence-corrected chi connectivity index (χ4v) is 3.70. The predicted octanol–water partition coefficient (Wildman–Crippen LogP) is 3.54. The fraction of sp³-hybridized carbons (Fsp3) is 0.217. The highest BCUT2D eigenvalue weighted by Gasteiger charge is 2.24. The second kappa shape index (κ2) is 9.40. The van der Waals surface area contributed by atoms with E-state index in [2.05, 4.69) is 5.32 Å². The third-order valence-corrected chi connectivity index (χ3v) is 5.53. The normalized spacial score (nSPS) is 13.6. The van der Waals surface area contributed by atoms with Crippen LogP contribution < -0.4 is 9.79 Å². The van der Waals surface area contributed by atoms with E-state index in [1.165, 1.54) is 0 Å². The van der Waals surface area contributed by atoms with Gasteiger partial charge in [0.2, 0.25) is 0 Å². The van der Waals surface area contributed by atoms with Gasteiger partial charge in [0.05, 0.1) is 11.9 Å². The van der Waals surface area contributed by atoms with Crippen molar-refractivity contribution in [3.8, 4) is 0 Å². The first kappa shape index (κ1) is 22.0. The molecule has 0 fully saturated rings. The number of hydrogen-bond acceptors (Lipinski definition) is 5. The highest BCUT2D eigenvalue weighted by molar-refractivity contribution is 7.91. The Labute approximate surface area is 177 Å². The summed E-state index contributed by atoms with van der Waals surface area (Å²) in [5.74, 6) is 0. The van der Waals surface area contributed by atoms with Gasteiger partial charge < -0.3 is 5.11 Å². The lowest BCUT2D eigenvalue weighted by Gasteiger charge is -2.27. The van der Waals surface area contributed by atoms with Crippen molar-refractivity contribution in [2.45, 2.75) is 25.8 Å². The van der Waals surface area contributed by atoms with Crippen LogP contribution >= 0.6 is 0 Å². The molecule has 158 valence electrons. The van der Waals surface area contributed by atoms with Crippen molar-refractivity contribution in [1.29, 1.82) is 0 Å². The minimum atomic E-state index is -3.65. The highest BCUT2D eigenvalue weighted by atomic mass is 32.2. The molecule has 0 aliphatic rings. The second-order valence-corrected chi connectivity index (χ2v) is 9.01. The van der Waals surface area contributed by atoms with Crippen LogP contribution in [0.2, 0.25) is 0 Å². The molecule has 0 bridgehead atoms. The smallest absolute Gasteiger partial charge is 0.254 e. The monoisotopic (exact) mass is 426 g/mol. The summed E-state index contributed by atoms with van der Waals surface area (Å²) >= 11 is 0. The van der Waals surface area contributed by atoms with Gasteiger partial charge in [0.25, 0.3) is 10.0 Å². The van der Waals surface area contributed by atoms with Crippen molar-refractivity contribution < 1.29 is 18.4 Å². The zero-order chi connectivity index (χ0) is 21.6. The Morgan fingerprint density at radius 2 is 1.43 bits per heavy atom. The molecule has 0 spiro atoms. The minimum Gasteiger partial charge on any atom is -0.372 e. The Morgan fingerprint density at radius 1 is 0.900 bits per heavy atom. The zero-order valence-corrected chi connectivity index (χ0v) is 17.8. The number of aliphatic hydroxyl groups is 1. The van der Waals surface area contributed by atoms with Crippen molar-refractivity contribution in [1.82, 2.24) is 5.32 Å². The molecule has 1 unspecified atom stereocenters. The van der Waals surface area contributed by atoms with Crippen LogP contribution in [-0.4, -0.2) is 19.8 Å². The standard InChI is InChI=1S/C23H26N2O4S/c1-23(26,24-17-19-9-5-3-6-10-19)21-13-15-22(16-14-21)25(30(2,27)28)29-18-20-11-7-4-8-12-20/h3-16,24,26H,17-18H2,1-2H3. The number of nitrogens with zero attached hydrogens (tertiary/aromatic N) is 1. The molecule has 0 aliphatic heterocycles. The molecule has 0 saturated heterocycles. The van der Waals surface area contributed by atoms with Gasteiger partial charge in [-0.2, -0.15) is 0 Å². The molecular formula is C23H26N2O4S. The molecule has 3 rings (SSSR count). The highest BCUT2D eigenvalue weighted by Crippen LogP contribution is 2.24. The Morgan fingerprint density at radius 3 is 1.97 bits per heavy atom. The third kappa shape index (κ3) is 5.90. The molecule has 30 heavy (non-hydrogen) atoms. The van der Waals surface area contributed by atoms with Gasteiger partial charge in [-0.1, -0.05) is 72.8 Å². The lowest BCUT2D eigenvalue weighted by molar-refractivity contribution is 0.0178. The van der Waals surface area contributed by atoms with Gasteiger partial charge in [0.1, 0.15) is 12.3 Å². The second-order valence-electron chi connectivity index (χ2n) is 7.21. The van der Waals surface area contributed by atoms with Gasteiger partial charge >= 0.3 is 0 Å². The van der Waals surface area contributed by atoms with Crippen molar-refractivity contribution in [2.24, 2.45) is 0 Å². The zero-order valence-electron chi connectivity index (χ0n) is 17.0. The third-order valence-electron chi connectivity index (χ3n) is 4.61. The van der Waals surface area contributed by atoms with Crippen LogP contribution in [0.1, 0.15) is 23.6 Å². The van der Waals surface area contributed by atoms with Crippen molar-refractivity contribution in [3.05, 3.63) is 102 Å². The van der Waals surface area contributed by atoms with E-state index in [1.54, 1.807) is 31.2 Å². The number of anilines is 1. The molecule has 7 heteroatoms. The van der Waals surface area contributed by atoms with Gasteiger partial charge in [-0.05, 0) is 35.7 Å². The van der Waals surface area contributed by atoms with Crippen LogP contribution in [0.4, 0.5) is 5.69 Å². The largest absolute Gasteiger partial charge is 0.372 e. The Hall–Kier alpha value is -2.71. The van der Waals surface area contributed by atoms with E-state index in [9.17, 15) is 13.5 Å². The lowest BCUT2D eigenvalue weighted by atomic mass is 10.0. The fourth-order valence-electron chi connectivity index (χ4n) is 2.95. The molecule has 0 aromatic heterocycles. The maximum absolute atomic E-state index is 12.2. The van der Waals surface area contributed by atoms with Crippen LogP contribution in [0.15, 0.2) is 84.9 Å². The van der Waals surface area contributed by atoms with Crippen molar-refractivity contribution in [2.75, 3.05) is 10.7 Å². The quantitative estimate of drug-likeness (QED) is 0.404. The summed E-state index contributed by atoms with van der Waals surface area (Å²) in [6, 6.07) is 25.7. The van der Waals surface area contributed by atoms with Gasteiger partial charge in [-0.25, -0.2) is 8.42 Å². The number of benzene rings is 3. The van der Waals surface area contributed by atoms with Crippen LogP contribution in [0.3, 0.4) is 0 Å². The number of hydrogen-bond donors (Lipinski definition) is 2. The SMILES string of the molecule is CC(O)(NCc1ccccc1)c1ccc(N(OCc2ccccc2)S(C)(=O)=O)cc1. The van der Waals surface area contributed by atoms with E-state index in [-0.39, 0.29) is 6.61 Å². The summed E-state index contributed by atoms with van der Waals surface area (Å²) in [5.41, 5.74) is 1.59. The maximum Gasteiger partial charge on any atom is 0.254 e. The van der Waals surface area contributed by atoms with E-state index in [1.807, 2.05) is 60.7 Å². The first-order valence-electron chi connectivity index (χ1n) is 9.55. The summed E-state index contributed by atoms with van der Waals surface area (Å²) in [7, 11) is -3.65. The first-order valence-corrected chi connectivity index (χ1v) is 11.4. The molecule has 3 aromatic rings. The molecule has 1 atom stereocenters. The summed E-state index contributed by atoms with van der Waals surface area (Å²) < 4.78 is 25.4. The van der Waals surface area contributed by atoms with E-state index >= 15 is 0 Å².